The second-order valence-corrected chi connectivity index (χ2v) is 5.62. The first-order valence-electron chi connectivity index (χ1n) is 7.42. The summed E-state index contributed by atoms with van der Waals surface area (Å²) in [5.74, 6) is 0.652. The lowest BCUT2D eigenvalue weighted by atomic mass is 9.95. The number of H-pyrrole nitrogens is 1. The molecule has 0 aromatic carbocycles. The van der Waals surface area contributed by atoms with Crippen LogP contribution in [0.4, 0.5) is 0 Å². The Morgan fingerprint density at radius 1 is 1.30 bits per heavy atom. The summed E-state index contributed by atoms with van der Waals surface area (Å²) in [6.45, 7) is 3.57. The molecule has 0 radical (unpaired) electrons. The average molecular weight is 277 g/mol. The van der Waals surface area contributed by atoms with E-state index in [2.05, 4.69) is 15.3 Å². The predicted molar refractivity (Wildman–Crippen MR) is 77.7 cm³/mol. The van der Waals surface area contributed by atoms with Crippen LogP contribution in [-0.2, 0) is 11.2 Å². The lowest BCUT2D eigenvalue weighted by molar-refractivity contribution is -0.121. The third kappa shape index (κ3) is 3.92. The van der Waals surface area contributed by atoms with Crippen molar-refractivity contribution in [3.8, 4) is 0 Å². The summed E-state index contributed by atoms with van der Waals surface area (Å²) in [6, 6.07) is 0.326. The predicted octanol–water partition coefficient (Wildman–Crippen LogP) is 1.77. The van der Waals surface area contributed by atoms with Crippen LogP contribution in [0.1, 0.15) is 55.6 Å². The van der Waals surface area contributed by atoms with Gasteiger partial charge in [0.2, 0.25) is 5.91 Å². The van der Waals surface area contributed by atoms with Crippen molar-refractivity contribution < 1.29 is 4.79 Å². The number of hydrogen-bond acceptors (Lipinski definition) is 3. The highest BCUT2D eigenvalue weighted by molar-refractivity contribution is 5.76. The Morgan fingerprint density at radius 2 is 2.00 bits per heavy atom. The van der Waals surface area contributed by atoms with E-state index in [1.807, 2.05) is 6.92 Å². The van der Waals surface area contributed by atoms with E-state index in [1.54, 1.807) is 6.92 Å². The molecule has 1 amide bonds. The fourth-order valence-corrected chi connectivity index (χ4v) is 2.83. The van der Waals surface area contributed by atoms with Crippen LogP contribution >= 0.6 is 0 Å². The summed E-state index contributed by atoms with van der Waals surface area (Å²) in [5, 5.41) is 3.07. The second kappa shape index (κ2) is 6.68. The number of rotatable bonds is 4. The van der Waals surface area contributed by atoms with Crippen LogP contribution in [0.15, 0.2) is 4.79 Å². The van der Waals surface area contributed by atoms with E-state index in [0.29, 0.717) is 30.3 Å². The summed E-state index contributed by atoms with van der Waals surface area (Å²) >= 11 is 0. The number of carbonyl (C=O) groups is 1. The monoisotopic (exact) mass is 277 g/mol. The molecule has 0 spiro atoms. The van der Waals surface area contributed by atoms with E-state index in [-0.39, 0.29) is 11.5 Å². The zero-order valence-electron chi connectivity index (χ0n) is 12.3. The van der Waals surface area contributed by atoms with Gasteiger partial charge < -0.3 is 10.3 Å². The van der Waals surface area contributed by atoms with Crippen LogP contribution in [0.3, 0.4) is 0 Å². The van der Waals surface area contributed by atoms with E-state index in [0.717, 1.165) is 18.5 Å². The van der Waals surface area contributed by atoms with Crippen LogP contribution in [0, 0.1) is 13.8 Å². The molecule has 1 aliphatic carbocycles. The zero-order chi connectivity index (χ0) is 14.5. The van der Waals surface area contributed by atoms with Gasteiger partial charge in [-0.15, -0.1) is 0 Å². The molecule has 0 unspecified atom stereocenters. The van der Waals surface area contributed by atoms with Crippen LogP contribution < -0.4 is 10.9 Å². The number of aryl methyl sites for hydroxylation is 2. The Bertz CT molecular complexity index is 530. The highest BCUT2D eigenvalue weighted by Crippen LogP contribution is 2.17. The Morgan fingerprint density at radius 3 is 2.65 bits per heavy atom. The molecule has 0 bridgehead atoms. The van der Waals surface area contributed by atoms with E-state index >= 15 is 0 Å². The van der Waals surface area contributed by atoms with Gasteiger partial charge >= 0.3 is 0 Å². The molecule has 2 N–H and O–H groups in total. The minimum absolute atomic E-state index is 0.0382. The topological polar surface area (TPSA) is 74.8 Å². The van der Waals surface area contributed by atoms with Gasteiger partial charge in [-0.3, -0.25) is 9.59 Å². The Balaban J connectivity index is 1.88. The van der Waals surface area contributed by atoms with Crippen LogP contribution in [0.25, 0.3) is 0 Å². The molecule has 1 aromatic heterocycles. The summed E-state index contributed by atoms with van der Waals surface area (Å²) in [5.41, 5.74) is 1.21. The molecular weight excluding hydrogens is 254 g/mol. The highest BCUT2D eigenvalue weighted by atomic mass is 16.1. The number of carbonyl (C=O) groups excluding carboxylic acids is 1. The molecular formula is C15H23N3O2. The van der Waals surface area contributed by atoms with Gasteiger partial charge in [-0.1, -0.05) is 19.3 Å². The van der Waals surface area contributed by atoms with Crippen molar-refractivity contribution in [1.82, 2.24) is 15.3 Å². The molecule has 1 saturated carbocycles. The van der Waals surface area contributed by atoms with E-state index in [1.165, 1.54) is 19.3 Å². The maximum Gasteiger partial charge on any atom is 0.254 e. The first-order valence-corrected chi connectivity index (χ1v) is 7.42. The minimum atomic E-state index is -0.125. The molecule has 1 fully saturated rings. The molecule has 1 heterocycles. The number of hydrogen-bond donors (Lipinski definition) is 2. The fourth-order valence-electron chi connectivity index (χ4n) is 2.83. The molecule has 0 saturated heterocycles. The zero-order valence-corrected chi connectivity index (χ0v) is 12.3. The summed E-state index contributed by atoms with van der Waals surface area (Å²) in [4.78, 5) is 30.7. The molecule has 2 rings (SSSR count). The van der Waals surface area contributed by atoms with E-state index < -0.39 is 0 Å². The normalized spacial score (nSPS) is 16.1. The van der Waals surface area contributed by atoms with Gasteiger partial charge in [-0.25, -0.2) is 4.98 Å². The van der Waals surface area contributed by atoms with Crippen molar-refractivity contribution in [2.24, 2.45) is 0 Å². The number of amides is 1. The van der Waals surface area contributed by atoms with Gasteiger partial charge in [0.15, 0.2) is 0 Å². The molecule has 1 aromatic rings. The maximum absolute atomic E-state index is 11.9. The number of aromatic amines is 1. The Hall–Kier alpha value is -1.65. The van der Waals surface area contributed by atoms with E-state index in [4.69, 9.17) is 0 Å². The van der Waals surface area contributed by atoms with Gasteiger partial charge in [0, 0.05) is 23.7 Å². The summed E-state index contributed by atoms with van der Waals surface area (Å²) < 4.78 is 0. The molecule has 1 aliphatic rings. The van der Waals surface area contributed by atoms with Crippen LogP contribution in [0.2, 0.25) is 0 Å². The van der Waals surface area contributed by atoms with Gasteiger partial charge in [-0.2, -0.15) is 0 Å². The first kappa shape index (κ1) is 14.8. The summed E-state index contributed by atoms with van der Waals surface area (Å²) in [7, 11) is 0. The number of aromatic nitrogens is 2. The van der Waals surface area contributed by atoms with Crippen molar-refractivity contribution in [1.29, 1.82) is 0 Å². The Kier molecular flexibility index (Phi) is 4.93. The van der Waals surface area contributed by atoms with Gasteiger partial charge in [0.25, 0.3) is 5.56 Å². The highest BCUT2D eigenvalue weighted by Gasteiger charge is 2.16. The van der Waals surface area contributed by atoms with Gasteiger partial charge in [-0.05, 0) is 33.1 Å². The van der Waals surface area contributed by atoms with Crippen molar-refractivity contribution in [3.05, 3.63) is 27.4 Å². The van der Waals surface area contributed by atoms with Crippen molar-refractivity contribution in [2.45, 2.75) is 64.8 Å². The standard InChI is InChI=1S/C15H23N3O2/c1-10-13(15(20)17-11(2)16-10)8-9-14(19)18-12-6-4-3-5-7-12/h12H,3-9H2,1-2H3,(H,18,19)(H,16,17,20). The van der Waals surface area contributed by atoms with Crippen LogP contribution in [-0.4, -0.2) is 21.9 Å². The quantitative estimate of drug-likeness (QED) is 0.880. The first-order chi connectivity index (χ1) is 9.56. The van der Waals surface area contributed by atoms with Crippen molar-refractivity contribution >= 4 is 5.91 Å². The summed E-state index contributed by atoms with van der Waals surface area (Å²) in [6.07, 6.45) is 6.64. The molecule has 0 aliphatic heterocycles. The van der Waals surface area contributed by atoms with E-state index in [9.17, 15) is 9.59 Å². The molecule has 110 valence electrons. The molecule has 5 heteroatoms. The van der Waals surface area contributed by atoms with Gasteiger partial charge in [0.1, 0.15) is 5.82 Å². The smallest absolute Gasteiger partial charge is 0.254 e. The number of nitrogens with one attached hydrogen (secondary N) is 2. The van der Waals surface area contributed by atoms with Crippen molar-refractivity contribution in [3.63, 3.8) is 0 Å². The third-order valence-electron chi connectivity index (χ3n) is 3.91. The molecule has 20 heavy (non-hydrogen) atoms. The Labute approximate surface area is 119 Å². The second-order valence-electron chi connectivity index (χ2n) is 5.62. The lowest BCUT2D eigenvalue weighted by Crippen LogP contribution is -2.36. The number of nitrogens with zero attached hydrogens (tertiary/aromatic N) is 1. The maximum atomic E-state index is 11.9. The van der Waals surface area contributed by atoms with Crippen LogP contribution in [0.5, 0.6) is 0 Å². The molecule has 5 nitrogen and oxygen atoms in total. The fraction of sp³-hybridized carbons (Fsp3) is 0.667. The largest absolute Gasteiger partial charge is 0.353 e. The van der Waals surface area contributed by atoms with Crippen molar-refractivity contribution in [2.75, 3.05) is 0 Å². The lowest BCUT2D eigenvalue weighted by Gasteiger charge is -2.22. The third-order valence-corrected chi connectivity index (χ3v) is 3.91. The minimum Gasteiger partial charge on any atom is -0.353 e. The SMILES string of the molecule is Cc1nc(C)c(CCC(=O)NC2CCCCC2)c(=O)[nH]1. The average Bonchev–Trinajstić information content (AvgIpc) is 2.38. The van der Waals surface area contributed by atoms with Gasteiger partial charge in [0.05, 0.1) is 0 Å². The molecule has 0 atom stereocenters.